The highest BCUT2D eigenvalue weighted by Gasteiger charge is 2.16. The van der Waals surface area contributed by atoms with Gasteiger partial charge in [-0.05, 0) is 48.2 Å². The van der Waals surface area contributed by atoms with Gasteiger partial charge in [0.25, 0.3) is 5.91 Å². The minimum atomic E-state index is -0.0742. The Morgan fingerprint density at radius 1 is 1.21 bits per heavy atom. The van der Waals surface area contributed by atoms with Crippen molar-refractivity contribution in [2.24, 2.45) is 0 Å². The molecule has 0 spiro atoms. The predicted octanol–water partition coefficient (Wildman–Crippen LogP) is 3.40. The Morgan fingerprint density at radius 3 is 3.00 bits per heavy atom. The van der Waals surface area contributed by atoms with E-state index in [1.54, 1.807) is 0 Å². The fourth-order valence-electron chi connectivity index (χ4n) is 2.99. The summed E-state index contributed by atoms with van der Waals surface area (Å²) < 4.78 is 10.8. The largest absolute Gasteiger partial charge is 0.443 e. The summed E-state index contributed by atoms with van der Waals surface area (Å²) in [4.78, 5) is 16.5. The Hall–Kier alpha value is -2.66. The van der Waals surface area contributed by atoms with Crippen LogP contribution >= 0.6 is 0 Å². The lowest BCUT2D eigenvalue weighted by Crippen LogP contribution is -2.31. The first-order valence-corrected chi connectivity index (χ1v) is 8.13. The van der Waals surface area contributed by atoms with Crippen molar-refractivity contribution in [3.05, 3.63) is 54.4 Å². The predicted molar refractivity (Wildman–Crippen MR) is 90.8 cm³/mol. The van der Waals surface area contributed by atoms with E-state index in [2.05, 4.69) is 10.3 Å². The van der Waals surface area contributed by atoms with Crippen LogP contribution in [-0.4, -0.2) is 30.1 Å². The summed E-state index contributed by atoms with van der Waals surface area (Å²) in [5.74, 6) is -0.0742. The van der Waals surface area contributed by atoms with Gasteiger partial charge in [0.1, 0.15) is 5.52 Å². The molecule has 0 radical (unpaired) electrons. The number of ether oxygens (including phenoxy) is 1. The number of carbonyl (C=O) groups excluding carboxylic acids is 1. The van der Waals surface area contributed by atoms with Crippen molar-refractivity contribution in [3.8, 4) is 11.1 Å². The van der Waals surface area contributed by atoms with E-state index in [1.807, 2.05) is 42.5 Å². The maximum atomic E-state index is 12.4. The first kappa shape index (κ1) is 14.9. The maximum Gasteiger partial charge on any atom is 0.251 e. The van der Waals surface area contributed by atoms with Gasteiger partial charge in [-0.3, -0.25) is 4.79 Å². The zero-order valence-electron chi connectivity index (χ0n) is 13.2. The number of nitrogens with one attached hydrogen (secondary N) is 1. The van der Waals surface area contributed by atoms with E-state index in [9.17, 15) is 4.79 Å². The van der Waals surface area contributed by atoms with Crippen molar-refractivity contribution < 1.29 is 13.9 Å². The molecule has 1 aliphatic heterocycles. The second kappa shape index (κ2) is 6.45. The summed E-state index contributed by atoms with van der Waals surface area (Å²) in [6, 6.07) is 13.4. The molecule has 0 unspecified atom stereocenters. The zero-order valence-corrected chi connectivity index (χ0v) is 13.2. The summed E-state index contributed by atoms with van der Waals surface area (Å²) in [6.07, 6.45) is 3.66. The molecule has 3 aromatic rings. The van der Waals surface area contributed by atoms with Gasteiger partial charge < -0.3 is 14.5 Å². The molecule has 1 aliphatic rings. The average Bonchev–Trinajstić information content (AvgIpc) is 3.30. The lowest BCUT2D eigenvalue weighted by Gasteiger charge is -2.11. The van der Waals surface area contributed by atoms with Crippen LogP contribution in [0, 0.1) is 0 Å². The maximum absolute atomic E-state index is 12.4. The molecule has 24 heavy (non-hydrogen) atoms. The molecule has 122 valence electrons. The molecule has 5 heteroatoms. The molecular weight excluding hydrogens is 304 g/mol. The van der Waals surface area contributed by atoms with E-state index < -0.39 is 0 Å². The third kappa shape index (κ3) is 3.03. The number of amides is 1. The second-order valence-electron chi connectivity index (χ2n) is 5.96. The van der Waals surface area contributed by atoms with Crippen molar-refractivity contribution in [2.45, 2.75) is 18.9 Å². The third-order valence-electron chi connectivity index (χ3n) is 4.30. The van der Waals surface area contributed by atoms with E-state index in [-0.39, 0.29) is 12.0 Å². The summed E-state index contributed by atoms with van der Waals surface area (Å²) >= 11 is 0. The molecule has 0 aliphatic carbocycles. The van der Waals surface area contributed by atoms with Gasteiger partial charge in [0.05, 0.1) is 6.10 Å². The number of fused-ring (bicyclic) bond motifs is 1. The van der Waals surface area contributed by atoms with Crippen LogP contribution in [0.3, 0.4) is 0 Å². The summed E-state index contributed by atoms with van der Waals surface area (Å²) in [6.45, 7) is 1.36. The van der Waals surface area contributed by atoms with Crippen molar-refractivity contribution in [2.75, 3.05) is 13.2 Å². The first-order chi connectivity index (χ1) is 11.8. The second-order valence-corrected chi connectivity index (χ2v) is 5.96. The Labute approximate surface area is 139 Å². The van der Waals surface area contributed by atoms with Crippen molar-refractivity contribution in [1.29, 1.82) is 0 Å². The molecular formula is C19H18N2O3. The van der Waals surface area contributed by atoms with Gasteiger partial charge in [0.2, 0.25) is 0 Å². The fourth-order valence-corrected chi connectivity index (χ4v) is 2.99. The number of aromatic nitrogens is 1. The first-order valence-electron chi connectivity index (χ1n) is 8.13. The van der Waals surface area contributed by atoms with E-state index in [0.717, 1.165) is 41.7 Å². The number of carbonyl (C=O) groups is 1. The van der Waals surface area contributed by atoms with Gasteiger partial charge in [-0.1, -0.05) is 18.2 Å². The monoisotopic (exact) mass is 322 g/mol. The van der Waals surface area contributed by atoms with Crippen LogP contribution < -0.4 is 5.32 Å². The molecule has 2 aromatic carbocycles. The standard InChI is InChI=1S/C19H18N2O3/c22-19(20-11-16-5-2-8-23-16)15-4-1-3-13(9-15)14-6-7-18-17(10-14)21-12-24-18/h1,3-4,6-7,9-10,12,16H,2,5,8,11H2,(H,20,22)/t16-/m0/s1. The molecule has 1 fully saturated rings. The molecule has 4 rings (SSSR count). The fraction of sp³-hybridized carbons (Fsp3) is 0.263. The van der Waals surface area contributed by atoms with Gasteiger partial charge in [-0.15, -0.1) is 0 Å². The molecule has 1 saturated heterocycles. The van der Waals surface area contributed by atoms with Crippen LogP contribution in [0.15, 0.2) is 53.3 Å². The van der Waals surface area contributed by atoms with Crippen molar-refractivity contribution in [3.63, 3.8) is 0 Å². The highest BCUT2D eigenvalue weighted by molar-refractivity contribution is 5.95. The Balaban J connectivity index is 1.52. The van der Waals surface area contributed by atoms with Crippen LogP contribution in [0.1, 0.15) is 23.2 Å². The number of hydrogen-bond acceptors (Lipinski definition) is 4. The van der Waals surface area contributed by atoms with Gasteiger partial charge in [-0.25, -0.2) is 4.98 Å². The quantitative estimate of drug-likeness (QED) is 0.799. The van der Waals surface area contributed by atoms with Crippen LogP contribution in [-0.2, 0) is 4.74 Å². The number of hydrogen-bond donors (Lipinski definition) is 1. The molecule has 1 atom stereocenters. The molecule has 5 nitrogen and oxygen atoms in total. The number of rotatable bonds is 4. The highest BCUT2D eigenvalue weighted by atomic mass is 16.5. The lowest BCUT2D eigenvalue weighted by atomic mass is 10.0. The Kier molecular flexibility index (Phi) is 4.01. The van der Waals surface area contributed by atoms with Gasteiger partial charge in [0.15, 0.2) is 12.0 Å². The topological polar surface area (TPSA) is 64.4 Å². The number of benzene rings is 2. The van der Waals surface area contributed by atoms with Gasteiger partial charge >= 0.3 is 0 Å². The van der Waals surface area contributed by atoms with Crippen LogP contribution in [0.5, 0.6) is 0 Å². The minimum absolute atomic E-state index is 0.0742. The summed E-state index contributed by atoms with van der Waals surface area (Å²) in [7, 11) is 0. The molecule has 0 saturated carbocycles. The molecule has 1 amide bonds. The van der Waals surface area contributed by atoms with E-state index >= 15 is 0 Å². The smallest absolute Gasteiger partial charge is 0.251 e. The summed E-state index contributed by atoms with van der Waals surface area (Å²) in [5, 5.41) is 2.95. The molecule has 2 heterocycles. The summed E-state index contributed by atoms with van der Waals surface area (Å²) in [5.41, 5.74) is 4.19. The van der Waals surface area contributed by atoms with Crippen LogP contribution in [0.2, 0.25) is 0 Å². The number of oxazole rings is 1. The lowest BCUT2D eigenvalue weighted by molar-refractivity contribution is 0.0858. The average molecular weight is 322 g/mol. The SMILES string of the molecule is O=C(NC[C@@H]1CCCO1)c1cccc(-c2ccc3ocnc3c2)c1. The normalized spacial score (nSPS) is 17.2. The van der Waals surface area contributed by atoms with Crippen LogP contribution in [0.4, 0.5) is 0 Å². The van der Waals surface area contributed by atoms with Crippen molar-refractivity contribution >= 4 is 17.0 Å². The van der Waals surface area contributed by atoms with Crippen LogP contribution in [0.25, 0.3) is 22.2 Å². The van der Waals surface area contributed by atoms with Gasteiger partial charge in [0, 0.05) is 18.7 Å². The van der Waals surface area contributed by atoms with E-state index in [0.29, 0.717) is 12.1 Å². The van der Waals surface area contributed by atoms with Gasteiger partial charge in [-0.2, -0.15) is 0 Å². The minimum Gasteiger partial charge on any atom is -0.443 e. The van der Waals surface area contributed by atoms with E-state index in [4.69, 9.17) is 9.15 Å². The Bertz CT molecular complexity index is 866. The molecule has 1 aromatic heterocycles. The zero-order chi connectivity index (χ0) is 16.4. The molecule has 0 bridgehead atoms. The molecule has 1 N–H and O–H groups in total. The van der Waals surface area contributed by atoms with E-state index in [1.165, 1.54) is 6.39 Å². The van der Waals surface area contributed by atoms with Crippen molar-refractivity contribution in [1.82, 2.24) is 10.3 Å². The highest BCUT2D eigenvalue weighted by Crippen LogP contribution is 2.24. The Morgan fingerprint density at radius 2 is 2.12 bits per heavy atom. The third-order valence-corrected chi connectivity index (χ3v) is 4.30. The number of nitrogens with zero attached hydrogens (tertiary/aromatic N) is 1.